The molecular formula is C23H18F3N3O. The molecular weight excluding hydrogens is 391 g/mol. The van der Waals surface area contributed by atoms with Crippen LogP contribution in [0.1, 0.15) is 5.56 Å². The second-order valence-electron chi connectivity index (χ2n) is 6.81. The first-order valence-electron chi connectivity index (χ1n) is 9.25. The number of carbonyl (C=O) groups excluding carboxylic acids is 1. The van der Waals surface area contributed by atoms with Crippen LogP contribution in [-0.2, 0) is 11.0 Å². The van der Waals surface area contributed by atoms with E-state index in [0.717, 1.165) is 23.0 Å². The lowest BCUT2D eigenvalue weighted by atomic mass is 10.0. The van der Waals surface area contributed by atoms with Crippen LogP contribution >= 0.6 is 0 Å². The van der Waals surface area contributed by atoms with Crippen LogP contribution in [0.25, 0.3) is 27.7 Å². The zero-order chi connectivity index (χ0) is 21.3. The molecule has 4 nitrogen and oxygen atoms in total. The number of hydrogen-bond donors (Lipinski definition) is 2. The van der Waals surface area contributed by atoms with Crippen LogP contribution < -0.4 is 11.1 Å². The summed E-state index contributed by atoms with van der Waals surface area (Å²) in [4.78, 5) is 11.4. The van der Waals surface area contributed by atoms with Crippen LogP contribution in [0.2, 0.25) is 0 Å². The standard InChI is InChI=1S/C23H18F3N3O/c24-23(25,26)16-12-21(20-7-3-5-15-4-1-2-6-19(15)20)29(14-16)18-10-8-17(9-11-18)28-22(30)13-27/h1-12,14H,13,27H2,(H,28,30). The fraction of sp³-hybridized carbons (Fsp3) is 0.0870. The average Bonchev–Trinajstić information content (AvgIpc) is 3.19. The van der Waals surface area contributed by atoms with Gasteiger partial charge in [-0.25, -0.2) is 0 Å². The molecule has 0 aliphatic carbocycles. The molecule has 4 rings (SSSR count). The Labute approximate surface area is 170 Å². The lowest BCUT2D eigenvalue weighted by Gasteiger charge is -2.13. The molecule has 0 aliphatic heterocycles. The number of halogens is 3. The summed E-state index contributed by atoms with van der Waals surface area (Å²) in [6, 6.07) is 20.8. The predicted molar refractivity (Wildman–Crippen MR) is 111 cm³/mol. The fourth-order valence-corrected chi connectivity index (χ4v) is 3.41. The second kappa shape index (κ2) is 7.68. The van der Waals surface area contributed by atoms with Crippen molar-refractivity contribution in [2.24, 2.45) is 5.73 Å². The first-order chi connectivity index (χ1) is 14.4. The molecule has 0 saturated carbocycles. The van der Waals surface area contributed by atoms with E-state index < -0.39 is 11.7 Å². The van der Waals surface area contributed by atoms with Gasteiger partial charge in [0.15, 0.2) is 0 Å². The van der Waals surface area contributed by atoms with Gasteiger partial charge in [0.05, 0.1) is 17.8 Å². The van der Waals surface area contributed by atoms with Gasteiger partial charge in [0, 0.05) is 23.1 Å². The first-order valence-corrected chi connectivity index (χ1v) is 9.25. The molecule has 0 aliphatic rings. The minimum atomic E-state index is -4.47. The SMILES string of the molecule is NCC(=O)Nc1ccc(-n2cc(C(F)(F)F)cc2-c2cccc3ccccc23)cc1. The molecule has 0 bridgehead atoms. The van der Waals surface area contributed by atoms with Crippen molar-refractivity contribution < 1.29 is 18.0 Å². The monoisotopic (exact) mass is 409 g/mol. The number of rotatable bonds is 4. The molecule has 0 spiro atoms. The number of fused-ring (bicyclic) bond motifs is 1. The summed E-state index contributed by atoms with van der Waals surface area (Å²) < 4.78 is 42.0. The summed E-state index contributed by atoms with van der Waals surface area (Å²) in [7, 11) is 0. The van der Waals surface area contributed by atoms with Gasteiger partial charge in [-0.05, 0) is 41.1 Å². The molecule has 0 unspecified atom stereocenters. The molecule has 0 radical (unpaired) electrons. The Hall–Kier alpha value is -3.58. The highest BCUT2D eigenvalue weighted by molar-refractivity contribution is 5.96. The van der Waals surface area contributed by atoms with Gasteiger partial charge in [-0.3, -0.25) is 4.79 Å². The molecule has 7 heteroatoms. The number of carbonyl (C=O) groups is 1. The smallest absolute Gasteiger partial charge is 0.325 e. The summed E-state index contributed by atoms with van der Waals surface area (Å²) in [5.41, 5.74) is 6.75. The van der Waals surface area contributed by atoms with E-state index in [1.54, 1.807) is 24.3 Å². The van der Waals surface area contributed by atoms with Gasteiger partial charge in [0.1, 0.15) is 0 Å². The number of aromatic nitrogens is 1. The topological polar surface area (TPSA) is 60.1 Å². The van der Waals surface area contributed by atoms with Crippen LogP contribution in [0.4, 0.5) is 18.9 Å². The van der Waals surface area contributed by atoms with Gasteiger partial charge in [0.25, 0.3) is 0 Å². The van der Waals surface area contributed by atoms with E-state index >= 15 is 0 Å². The van der Waals surface area contributed by atoms with Crippen LogP contribution in [0, 0.1) is 0 Å². The van der Waals surface area contributed by atoms with Gasteiger partial charge < -0.3 is 15.6 Å². The molecule has 3 aromatic carbocycles. The Balaban J connectivity index is 1.86. The highest BCUT2D eigenvalue weighted by Gasteiger charge is 2.33. The maximum atomic E-state index is 13.5. The van der Waals surface area contributed by atoms with Crippen molar-refractivity contribution in [3.8, 4) is 16.9 Å². The number of benzene rings is 3. The van der Waals surface area contributed by atoms with E-state index in [9.17, 15) is 18.0 Å². The van der Waals surface area contributed by atoms with Gasteiger partial charge in [0.2, 0.25) is 5.91 Å². The van der Waals surface area contributed by atoms with Crippen LogP contribution in [0.3, 0.4) is 0 Å². The van der Waals surface area contributed by atoms with E-state index in [1.165, 1.54) is 4.57 Å². The minimum Gasteiger partial charge on any atom is -0.325 e. The van der Waals surface area contributed by atoms with E-state index in [2.05, 4.69) is 5.32 Å². The van der Waals surface area contributed by atoms with Gasteiger partial charge in [-0.1, -0.05) is 42.5 Å². The fourth-order valence-electron chi connectivity index (χ4n) is 3.41. The second-order valence-corrected chi connectivity index (χ2v) is 6.81. The average molecular weight is 409 g/mol. The molecule has 1 heterocycles. The molecule has 4 aromatic rings. The van der Waals surface area contributed by atoms with Gasteiger partial charge in [-0.2, -0.15) is 13.2 Å². The van der Waals surface area contributed by atoms with E-state index in [1.807, 2.05) is 42.5 Å². The van der Waals surface area contributed by atoms with Gasteiger partial charge in [-0.15, -0.1) is 0 Å². The van der Waals surface area contributed by atoms with Crippen molar-refractivity contribution in [2.75, 3.05) is 11.9 Å². The van der Waals surface area contributed by atoms with Crippen molar-refractivity contribution in [1.82, 2.24) is 4.57 Å². The molecule has 1 amide bonds. The van der Waals surface area contributed by atoms with Crippen molar-refractivity contribution in [3.63, 3.8) is 0 Å². The third-order valence-corrected chi connectivity index (χ3v) is 4.83. The Kier molecular flexibility index (Phi) is 5.05. The van der Waals surface area contributed by atoms with Crippen molar-refractivity contribution in [3.05, 3.63) is 84.6 Å². The number of nitrogens with one attached hydrogen (secondary N) is 1. The molecule has 3 N–H and O–H groups in total. The summed E-state index contributed by atoms with van der Waals surface area (Å²) in [6.45, 7) is -0.153. The summed E-state index contributed by atoms with van der Waals surface area (Å²) in [6.07, 6.45) is -3.38. The third kappa shape index (κ3) is 3.79. The van der Waals surface area contributed by atoms with Crippen molar-refractivity contribution in [2.45, 2.75) is 6.18 Å². The van der Waals surface area contributed by atoms with Crippen molar-refractivity contribution >= 4 is 22.4 Å². The summed E-state index contributed by atoms with van der Waals surface area (Å²) >= 11 is 0. The highest BCUT2D eigenvalue weighted by Crippen LogP contribution is 2.37. The largest absolute Gasteiger partial charge is 0.417 e. The van der Waals surface area contributed by atoms with E-state index in [4.69, 9.17) is 5.73 Å². The zero-order valence-corrected chi connectivity index (χ0v) is 15.8. The molecule has 1 aromatic heterocycles. The zero-order valence-electron chi connectivity index (χ0n) is 15.8. The first kappa shape index (κ1) is 19.7. The maximum Gasteiger partial charge on any atom is 0.417 e. The summed E-state index contributed by atoms with van der Waals surface area (Å²) in [5.74, 6) is -0.348. The normalized spacial score (nSPS) is 11.6. The number of nitrogens with two attached hydrogens (primary N) is 1. The molecule has 0 saturated heterocycles. The van der Waals surface area contributed by atoms with E-state index in [-0.39, 0.29) is 12.5 Å². The lowest BCUT2D eigenvalue weighted by molar-refractivity contribution is -0.137. The van der Waals surface area contributed by atoms with Crippen molar-refractivity contribution in [1.29, 1.82) is 0 Å². The summed E-state index contributed by atoms with van der Waals surface area (Å²) in [5, 5.41) is 4.42. The van der Waals surface area contributed by atoms with Gasteiger partial charge >= 0.3 is 6.18 Å². The van der Waals surface area contributed by atoms with E-state index in [0.29, 0.717) is 22.6 Å². The third-order valence-electron chi connectivity index (χ3n) is 4.83. The number of anilines is 1. The van der Waals surface area contributed by atoms with Crippen LogP contribution in [0.5, 0.6) is 0 Å². The number of amides is 1. The lowest BCUT2D eigenvalue weighted by Crippen LogP contribution is -2.21. The predicted octanol–water partition coefficient (Wildman–Crippen LogP) is 5.21. The Morgan fingerprint density at radius 1 is 0.967 bits per heavy atom. The number of nitrogens with zero attached hydrogens (tertiary/aromatic N) is 1. The Morgan fingerprint density at radius 3 is 2.37 bits per heavy atom. The molecule has 152 valence electrons. The minimum absolute atomic E-state index is 0.153. The quantitative estimate of drug-likeness (QED) is 0.486. The molecule has 30 heavy (non-hydrogen) atoms. The van der Waals surface area contributed by atoms with Crippen LogP contribution in [0.15, 0.2) is 79.0 Å². The highest BCUT2D eigenvalue weighted by atomic mass is 19.4. The Bertz CT molecular complexity index is 1210. The number of hydrogen-bond acceptors (Lipinski definition) is 2. The maximum absolute atomic E-state index is 13.5. The van der Waals surface area contributed by atoms with Crippen LogP contribution in [-0.4, -0.2) is 17.0 Å². The molecule has 0 fully saturated rings. The number of alkyl halides is 3. The Morgan fingerprint density at radius 2 is 1.67 bits per heavy atom. The molecule has 0 atom stereocenters.